The van der Waals surface area contributed by atoms with Crippen LogP contribution in [0.4, 0.5) is 0 Å². The van der Waals surface area contributed by atoms with Gasteiger partial charge in [-0.25, -0.2) is 0 Å². The molecule has 1 saturated heterocycles. The first-order chi connectivity index (χ1) is 10.9. The fraction of sp³-hybridized carbons (Fsp3) is 0.588. The second-order valence-electron chi connectivity index (χ2n) is 6.17. The highest BCUT2D eigenvalue weighted by Crippen LogP contribution is 2.52. The molecule has 2 heterocycles. The second kappa shape index (κ2) is 6.07. The quantitative estimate of drug-likeness (QED) is 0.589. The van der Waals surface area contributed by atoms with Gasteiger partial charge < -0.3 is 18.6 Å². The molecule has 0 N–H and O–H groups in total. The molecule has 1 aliphatic carbocycles. The molecular weight excluding hydrogens is 364 g/mol. The maximum Gasteiger partial charge on any atom is 0.316 e. The molecule has 0 bridgehead atoms. The number of aryl methyl sites for hydroxylation is 1. The molecule has 0 aromatic carbocycles. The van der Waals surface area contributed by atoms with Crippen molar-refractivity contribution in [3.8, 4) is 0 Å². The molecule has 1 spiro atoms. The Morgan fingerprint density at radius 1 is 1.39 bits per heavy atom. The Morgan fingerprint density at radius 3 is 2.65 bits per heavy atom. The van der Waals surface area contributed by atoms with Gasteiger partial charge in [0.1, 0.15) is 0 Å². The van der Waals surface area contributed by atoms with Crippen molar-refractivity contribution in [3.05, 3.63) is 29.7 Å². The highest BCUT2D eigenvalue weighted by molar-refractivity contribution is 9.09. The molecule has 0 radical (unpaired) electrons. The number of hydrogen-bond acceptors (Lipinski definition) is 5. The van der Waals surface area contributed by atoms with Gasteiger partial charge in [-0.3, -0.25) is 4.79 Å². The summed E-state index contributed by atoms with van der Waals surface area (Å²) < 4.78 is 22.4. The number of ether oxygens (including phenoxy) is 3. The zero-order valence-corrected chi connectivity index (χ0v) is 15.1. The van der Waals surface area contributed by atoms with Crippen LogP contribution in [0.5, 0.6) is 0 Å². The van der Waals surface area contributed by atoms with E-state index in [-0.39, 0.29) is 10.8 Å². The topological polar surface area (TPSA) is 57.9 Å². The van der Waals surface area contributed by atoms with Gasteiger partial charge in [0.25, 0.3) is 0 Å². The summed E-state index contributed by atoms with van der Waals surface area (Å²) in [5.41, 5.74) is 1.89. The van der Waals surface area contributed by atoms with E-state index in [2.05, 4.69) is 15.9 Å². The lowest BCUT2D eigenvalue weighted by atomic mass is 9.69. The van der Waals surface area contributed by atoms with E-state index < -0.39 is 11.2 Å². The highest BCUT2D eigenvalue weighted by Gasteiger charge is 2.54. The summed E-state index contributed by atoms with van der Waals surface area (Å²) in [5, 5.41) is 0. The molecule has 23 heavy (non-hydrogen) atoms. The van der Waals surface area contributed by atoms with Gasteiger partial charge in [0.2, 0.25) is 5.79 Å². The molecule has 1 aromatic heterocycles. The van der Waals surface area contributed by atoms with E-state index in [1.54, 1.807) is 12.5 Å². The van der Waals surface area contributed by atoms with Crippen LogP contribution in [0.25, 0.3) is 5.57 Å². The van der Waals surface area contributed by atoms with E-state index in [9.17, 15) is 4.79 Å². The molecule has 6 heteroatoms. The summed E-state index contributed by atoms with van der Waals surface area (Å²) in [7, 11) is 0. The van der Waals surface area contributed by atoms with Crippen molar-refractivity contribution in [2.24, 2.45) is 5.41 Å². The summed E-state index contributed by atoms with van der Waals surface area (Å²) in [6, 6.07) is 0. The standard InChI is InChI=1S/C17H21BrO5/c1-4-21-15(19)16(3)8-14(18)17(22-5-6-23-17)7-13(16)12-10-20-9-11(12)2/h7,9-10,14H,4-6,8H2,1-3H3. The third-order valence-corrected chi connectivity index (χ3v) is 5.54. The van der Waals surface area contributed by atoms with Gasteiger partial charge in [0.15, 0.2) is 0 Å². The largest absolute Gasteiger partial charge is 0.472 e. The lowest BCUT2D eigenvalue weighted by Crippen LogP contribution is -2.48. The minimum atomic E-state index is -0.842. The van der Waals surface area contributed by atoms with Crippen LogP contribution in [-0.2, 0) is 19.0 Å². The summed E-state index contributed by atoms with van der Waals surface area (Å²) in [5.74, 6) is -1.09. The lowest BCUT2D eigenvalue weighted by Gasteiger charge is -2.42. The van der Waals surface area contributed by atoms with Crippen LogP contribution < -0.4 is 0 Å². The maximum absolute atomic E-state index is 12.7. The van der Waals surface area contributed by atoms with Crippen molar-refractivity contribution in [1.29, 1.82) is 0 Å². The van der Waals surface area contributed by atoms with Crippen molar-refractivity contribution >= 4 is 27.5 Å². The number of esters is 1. The molecule has 2 atom stereocenters. The van der Waals surface area contributed by atoms with Gasteiger partial charge in [-0.15, -0.1) is 0 Å². The maximum atomic E-state index is 12.7. The molecule has 3 rings (SSSR count). The van der Waals surface area contributed by atoms with Crippen molar-refractivity contribution in [2.75, 3.05) is 19.8 Å². The van der Waals surface area contributed by atoms with E-state index >= 15 is 0 Å². The number of halogens is 1. The normalized spacial score (nSPS) is 29.6. The Kier molecular flexibility index (Phi) is 4.42. The molecule has 0 amide bonds. The van der Waals surface area contributed by atoms with E-state index in [0.717, 1.165) is 16.7 Å². The molecule has 1 fully saturated rings. The van der Waals surface area contributed by atoms with Crippen LogP contribution in [0.15, 0.2) is 23.0 Å². The number of furan rings is 1. The summed E-state index contributed by atoms with van der Waals surface area (Å²) in [6.07, 6.45) is 5.76. The molecule has 2 aliphatic rings. The van der Waals surface area contributed by atoms with Gasteiger partial charge in [-0.1, -0.05) is 15.9 Å². The first kappa shape index (κ1) is 16.7. The Hall–Kier alpha value is -1.11. The van der Waals surface area contributed by atoms with Crippen LogP contribution in [0.3, 0.4) is 0 Å². The Balaban J connectivity index is 2.13. The Morgan fingerprint density at radius 2 is 2.09 bits per heavy atom. The van der Waals surface area contributed by atoms with E-state index in [0.29, 0.717) is 26.2 Å². The minimum Gasteiger partial charge on any atom is -0.472 e. The predicted molar refractivity (Wildman–Crippen MR) is 88.1 cm³/mol. The fourth-order valence-electron chi connectivity index (χ4n) is 3.26. The van der Waals surface area contributed by atoms with E-state index in [1.807, 2.05) is 26.8 Å². The predicted octanol–water partition coefficient (Wildman–Crippen LogP) is 3.45. The number of hydrogen-bond donors (Lipinski definition) is 0. The number of carbonyl (C=O) groups is 1. The molecule has 1 aliphatic heterocycles. The molecule has 5 nitrogen and oxygen atoms in total. The third kappa shape index (κ3) is 2.66. The number of carbonyl (C=O) groups excluding carboxylic acids is 1. The lowest BCUT2D eigenvalue weighted by molar-refractivity contribution is -0.156. The number of rotatable bonds is 3. The summed E-state index contributed by atoms with van der Waals surface area (Å²) in [4.78, 5) is 12.6. The first-order valence-corrected chi connectivity index (χ1v) is 8.70. The summed E-state index contributed by atoms with van der Waals surface area (Å²) >= 11 is 3.65. The zero-order valence-electron chi connectivity index (χ0n) is 13.6. The number of alkyl halides is 1. The SMILES string of the molecule is CCOC(=O)C1(C)CC(Br)C2(C=C1c1cocc1C)OCCO2. The van der Waals surface area contributed by atoms with Gasteiger partial charge in [-0.2, -0.15) is 0 Å². The zero-order chi connectivity index (χ0) is 16.7. The van der Waals surface area contributed by atoms with Crippen molar-refractivity contribution < 1.29 is 23.4 Å². The van der Waals surface area contributed by atoms with Crippen LogP contribution in [-0.4, -0.2) is 36.4 Å². The smallest absolute Gasteiger partial charge is 0.316 e. The van der Waals surface area contributed by atoms with Crippen molar-refractivity contribution in [3.63, 3.8) is 0 Å². The average Bonchev–Trinajstić information content (AvgIpc) is 3.13. The highest BCUT2D eigenvalue weighted by atomic mass is 79.9. The van der Waals surface area contributed by atoms with Gasteiger partial charge in [0, 0.05) is 5.56 Å². The first-order valence-electron chi connectivity index (χ1n) is 7.78. The minimum absolute atomic E-state index is 0.136. The Labute approximate surface area is 144 Å². The molecular formula is C17H21BrO5. The van der Waals surface area contributed by atoms with Gasteiger partial charge in [-0.05, 0) is 44.4 Å². The van der Waals surface area contributed by atoms with Crippen LogP contribution >= 0.6 is 15.9 Å². The monoisotopic (exact) mass is 384 g/mol. The van der Waals surface area contributed by atoms with Crippen molar-refractivity contribution in [1.82, 2.24) is 0 Å². The van der Waals surface area contributed by atoms with Crippen LogP contribution in [0.2, 0.25) is 0 Å². The van der Waals surface area contributed by atoms with E-state index in [1.165, 1.54) is 0 Å². The van der Waals surface area contributed by atoms with Crippen LogP contribution in [0, 0.1) is 12.3 Å². The average molecular weight is 385 g/mol. The van der Waals surface area contributed by atoms with Gasteiger partial charge >= 0.3 is 5.97 Å². The molecule has 1 aromatic rings. The van der Waals surface area contributed by atoms with Crippen molar-refractivity contribution in [2.45, 2.75) is 37.8 Å². The van der Waals surface area contributed by atoms with E-state index in [4.69, 9.17) is 18.6 Å². The molecule has 2 unspecified atom stereocenters. The van der Waals surface area contributed by atoms with Gasteiger partial charge in [0.05, 0.1) is 42.6 Å². The summed E-state index contributed by atoms with van der Waals surface area (Å²) in [6.45, 7) is 7.08. The molecule has 0 saturated carbocycles. The fourth-order valence-corrected chi connectivity index (χ4v) is 4.31. The Bertz CT molecular complexity index is 629. The second-order valence-corrected chi connectivity index (χ2v) is 7.27. The molecule has 126 valence electrons. The van der Waals surface area contributed by atoms with Crippen LogP contribution in [0.1, 0.15) is 31.4 Å². The third-order valence-electron chi connectivity index (χ3n) is 4.57.